The van der Waals surface area contributed by atoms with Crippen molar-refractivity contribution >= 4 is 11.9 Å². The van der Waals surface area contributed by atoms with Gasteiger partial charge in [-0.25, -0.2) is 0 Å². The van der Waals surface area contributed by atoms with Gasteiger partial charge in [-0.3, -0.25) is 9.59 Å². The molecule has 0 saturated carbocycles. The van der Waals surface area contributed by atoms with Crippen molar-refractivity contribution in [2.45, 2.75) is 19.4 Å². The standard InChI is InChI=1S/C14H18N2O3/c1-14(13(18)19)7-8-16(9-14)12(17)11(15)10-5-3-2-4-6-10/h2-6,11H,7-9,15H2,1H3,(H,18,19)/t11-,14?/m0/s1. The molecule has 1 unspecified atom stereocenters. The SMILES string of the molecule is CC1(C(=O)O)CCN(C(=O)[C@@H](N)c2ccccc2)C1. The van der Waals surface area contributed by atoms with Gasteiger partial charge in [0.1, 0.15) is 6.04 Å². The smallest absolute Gasteiger partial charge is 0.311 e. The third-order valence-corrected chi connectivity index (χ3v) is 3.73. The first-order chi connectivity index (χ1) is 8.94. The minimum absolute atomic E-state index is 0.212. The number of carboxylic acid groups (broad SMARTS) is 1. The van der Waals surface area contributed by atoms with Crippen molar-refractivity contribution in [2.24, 2.45) is 11.1 Å². The summed E-state index contributed by atoms with van der Waals surface area (Å²) in [5, 5.41) is 9.16. The van der Waals surface area contributed by atoms with Crippen LogP contribution < -0.4 is 5.73 Å². The molecule has 102 valence electrons. The molecule has 2 rings (SSSR count). The zero-order valence-electron chi connectivity index (χ0n) is 10.9. The number of amides is 1. The maximum Gasteiger partial charge on any atom is 0.311 e. The lowest BCUT2D eigenvalue weighted by molar-refractivity contribution is -0.147. The molecule has 19 heavy (non-hydrogen) atoms. The Morgan fingerprint density at radius 1 is 1.37 bits per heavy atom. The van der Waals surface area contributed by atoms with Crippen LogP contribution in [0.1, 0.15) is 24.9 Å². The molecule has 2 atom stereocenters. The molecule has 1 aliphatic rings. The number of hydrogen-bond donors (Lipinski definition) is 2. The summed E-state index contributed by atoms with van der Waals surface area (Å²) in [6, 6.07) is 8.39. The highest BCUT2D eigenvalue weighted by atomic mass is 16.4. The molecule has 3 N–H and O–H groups in total. The fourth-order valence-corrected chi connectivity index (χ4v) is 2.32. The number of likely N-dealkylation sites (tertiary alicyclic amines) is 1. The molecule has 1 fully saturated rings. The second kappa shape index (κ2) is 5.01. The summed E-state index contributed by atoms with van der Waals surface area (Å²) in [6.07, 6.45) is 0.468. The number of carboxylic acids is 1. The number of carbonyl (C=O) groups is 2. The first-order valence-corrected chi connectivity index (χ1v) is 6.27. The minimum Gasteiger partial charge on any atom is -0.481 e. The lowest BCUT2D eigenvalue weighted by Crippen LogP contribution is -2.39. The van der Waals surface area contributed by atoms with E-state index < -0.39 is 17.4 Å². The Balaban J connectivity index is 2.08. The molecule has 0 spiro atoms. The average Bonchev–Trinajstić information content (AvgIpc) is 2.82. The maximum atomic E-state index is 12.3. The van der Waals surface area contributed by atoms with Gasteiger partial charge in [-0.05, 0) is 18.9 Å². The highest BCUT2D eigenvalue weighted by Gasteiger charge is 2.43. The zero-order valence-corrected chi connectivity index (χ0v) is 10.9. The van der Waals surface area contributed by atoms with E-state index in [0.29, 0.717) is 13.0 Å². The molecule has 1 aliphatic heterocycles. The van der Waals surface area contributed by atoms with Gasteiger partial charge in [0.25, 0.3) is 0 Å². The molecule has 5 nitrogen and oxygen atoms in total. The predicted molar refractivity (Wildman–Crippen MR) is 70.3 cm³/mol. The summed E-state index contributed by atoms with van der Waals surface area (Å²) in [5.74, 6) is -1.08. The largest absolute Gasteiger partial charge is 0.481 e. The Hall–Kier alpha value is -1.88. The second-order valence-corrected chi connectivity index (χ2v) is 5.26. The molecule has 1 aromatic rings. The molecule has 5 heteroatoms. The molecule has 0 aliphatic carbocycles. The van der Waals surface area contributed by atoms with Crippen LogP contribution in [0.2, 0.25) is 0 Å². The van der Waals surface area contributed by atoms with Crippen LogP contribution in [0.25, 0.3) is 0 Å². The second-order valence-electron chi connectivity index (χ2n) is 5.26. The Bertz CT molecular complexity index is 489. The van der Waals surface area contributed by atoms with E-state index in [9.17, 15) is 9.59 Å². The van der Waals surface area contributed by atoms with Gasteiger partial charge in [0.2, 0.25) is 5.91 Å². The number of hydrogen-bond acceptors (Lipinski definition) is 3. The van der Waals surface area contributed by atoms with Gasteiger partial charge in [0, 0.05) is 13.1 Å². The van der Waals surface area contributed by atoms with Crippen LogP contribution in [0, 0.1) is 5.41 Å². The van der Waals surface area contributed by atoms with Crippen molar-refractivity contribution in [3.05, 3.63) is 35.9 Å². The van der Waals surface area contributed by atoms with Gasteiger partial charge in [-0.2, -0.15) is 0 Å². The fraction of sp³-hybridized carbons (Fsp3) is 0.429. The topological polar surface area (TPSA) is 83.6 Å². The van der Waals surface area contributed by atoms with Crippen LogP contribution in [-0.4, -0.2) is 35.0 Å². The van der Waals surface area contributed by atoms with Crippen LogP contribution in [0.15, 0.2) is 30.3 Å². The van der Waals surface area contributed by atoms with E-state index in [1.807, 2.05) is 18.2 Å². The van der Waals surface area contributed by atoms with Crippen molar-refractivity contribution in [3.63, 3.8) is 0 Å². The summed E-state index contributed by atoms with van der Waals surface area (Å²) in [6.45, 7) is 2.33. The van der Waals surface area contributed by atoms with E-state index in [2.05, 4.69) is 0 Å². The Kier molecular flexibility index (Phi) is 3.57. The van der Waals surface area contributed by atoms with Gasteiger partial charge in [-0.15, -0.1) is 0 Å². The van der Waals surface area contributed by atoms with Crippen LogP contribution in [0.4, 0.5) is 0 Å². The quantitative estimate of drug-likeness (QED) is 0.851. The minimum atomic E-state index is -0.865. The Labute approximate surface area is 112 Å². The van der Waals surface area contributed by atoms with E-state index in [-0.39, 0.29) is 12.5 Å². The monoisotopic (exact) mass is 262 g/mol. The number of aliphatic carboxylic acids is 1. The highest BCUT2D eigenvalue weighted by molar-refractivity contribution is 5.85. The van der Waals surface area contributed by atoms with Crippen LogP contribution in [-0.2, 0) is 9.59 Å². The normalized spacial score (nSPS) is 24.2. The lowest BCUT2D eigenvalue weighted by atomic mass is 9.90. The summed E-state index contributed by atoms with van der Waals surface area (Å²) < 4.78 is 0. The Morgan fingerprint density at radius 3 is 2.53 bits per heavy atom. The Morgan fingerprint density at radius 2 is 2.00 bits per heavy atom. The average molecular weight is 262 g/mol. The molecular formula is C14H18N2O3. The fourth-order valence-electron chi connectivity index (χ4n) is 2.32. The van der Waals surface area contributed by atoms with Gasteiger partial charge in [0.15, 0.2) is 0 Å². The van der Waals surface area contributed by atoms with Crippen molar-refractivity contribution in [2.75, 3.05) is 13.1 Å². The third-order valence-electron chi connectivity index (χ3n) is 3.73. The van der Waals surface area contributed by atoms with Gasteiger partial charge in [0.05, 0.1) is 5.41 Å². The number of benzene rings is 1. The highest BCUT2D eigenvalue weighted by Crippen LogP contribution is 2.31. The zero-order chi connectivity index (χ0) is 14.0. The van der Waals surface area contributed by atoms with Gasteiger partial charge >= 0.3 is 5.97 Å². The van der Waals surface area contributed by atoms with Gasteiger partial charge in [-0.1, -0.05) is 30.3 Å². The summed E-state index contributed by atoms with van der Waals surface area (Å²) in [7, 11) is 0. The van der Waals surface area contributed by atoms with E-state index >= 15 is 0 Å². The summed E-state index contributed by atoms with van der Waals surface area (Å²) in [4.78, 5) is 25.0. The van der Waals surface area contributed by atoms with E-state index in [4.69, 9.17) is 10.8 Å². The third kappa shape index (κ3) is 2.61. The van der Waals surface area contributed by atoms with Crippen molar-refractivity contribution < 1.29 is 14.7 Å². The van der Waals surface area contributed by atoms with Crippen molar-refractivity contribution in [1.82, 2.24) is 4.90 Å². The van der Waals surface area contributed by atoms with E-state index in [0.717, 1.165) is 5.56 Å². The van der Waals surface area contributed by atoms with Crippen molar-refractivity contribution in [1.29, 1.82) is 0 Å². The molecule has 0 bridgehead atoms. The molecule has 1 aromatic carbocycles. The number of nitrogens with two attached hydrogens (primary N) is 1. The summed E-state index contributed by atoms with van der Waals surface area (Å²) in [5.41, 5.74) is 5.84. The number of rotatable bonds is 3. The van der Waals surface area contributed by atoms with Crippen molar-refractivity contribution in [3.8, 4) is 0 Å². The molecule has 0 radical (unpaired) electrons. The first kappa shape index (κ1) is 13.5. The van der Waals surface area contributed by atoms with E-state index in [1.165, 1.54) is 0 Å². The summed E-state index contributed by atoms with van der Waals surface area (Å²) >= 11 is 0. The molecule has 0 aromatic heterocycles. The number of carbonyl (C=O) groups excluding carboxylic acids is 1. The number of nitrogens with zero attached hydrogens (tertiary/aromatic N) is 1. The van der Waals surface area contributed by atoms with Gasteiger partial charge < -0.3 is 15.7 Å². The van der Waals surface area contributed by atoms with Crippen LogP contribution in [0.3, 0.4) is 0 Å². The van der Waals surface area contributed by atoms with E-state index in [1.54, 1.807) is 24.0 Å². The predicted octanol–water partition coefficient (Wildman–Crippen LogP) is 1.01. The first-order valence-electron chi connectivity index (χ1n) is 6.27. The van der Waals surface area contributed by atoms with Crippen LogP contribution >= 0.6 is 0 Å². The molecule has 1 amide bonds. The molecule has 1 heterocycles. The maximum absolute atomic E-state index is 12.3. The molecular weight excluding hydrogens is 244 g/mol. The molecule has 1 saturated heterocycles. The lowest BCUT2D eigenvalue weighted by Gasteiger charge is -2.23. The van der Waals surface area contributed by atoms with Crippen LogP contribution in [0.5, 0.6) is 0 Å².